The Morgan fingerprint density at radius 2 is 1.14 bits per heavy atom. The minimum atomic E-state index is -3.90. The fraction of sp³-hybridized carbons (Fsp3) is 0.208. The minimum absolute atomic E-state index is 0.0909. The van der Waals surface area contributed by atoms with E-state index in [2.05, 4.69) is 106 Å². The maximum atomic E-state index is 13.2. The average molecular weight is 500 g/mol. The molecule has 0 aromatic heterocycles. The summed E-state index contributed by atoms with van der Waals surface area (Å²) in [6.07, 6.45) is 0. The van der Waals surface area contributed by atoms with Gasteiger partial charge in [-0.05, 0) is 0 Å². The van der Waals surface area contributed by atoms with Gasteiger partial charge in [-0.15, -0.1) is 0 Å². The Morgan fingerprint density at radius 3 is 1.46 bits per heavy atom. The van der Waals surface area contributed by atoms with Crippen LogP contribution in [0.15, 0.2) is 91.0 Å². The number of nitrogens with one attached hydrogen (secondary N) is 1. The third-order valence-electron chi connectivity index (χ3n) is 5.03. The summed E-state index contributed by atoms with van der Waals surface area (Å²) in [4.78, 5) is 13.2. The Balaban J connectivity index is 2.26. The predicted molar refractivity (Wildman–Crippen MR) is 126 cm³/mol. The van der Waals surface area contributed by atoms with E-state index in [0.29, 0.717) is 17.7 Å². The van der Waals surface area contributed by atoms with E-state index >= 15 is 0 Å². The Hall–Kier alpha value is -1.83. The summed E-state index contributed by atoms with van der Waals surface area (Å²) < 4.78 is 3.62. The molecule has 1 amide bonds. The zero-order valence-corrected chi connectivity index (χ0v) is 19.8. The summed E-state index contributed by atoms with van der Waals surface area (Å²) in [6.45, 7) is 4.91. The predicted octanol–water partition coefficient (Wildman–Crippen LogP) is 3.77. The molecule has 0 saturated carbocycles. The van der Waals surface area contributed by atoms with Gasteiger partial charge in [0.25, 0.3) is 0 Å². The van der Waals surface area contributed by atoms with Gasteiger partial charge in [-0.2, -0.15) is 0 Å². The monoisotopic (exact) mass is 499 g/mol. The molecule has 4 heteroatoms. The van der Waals surface area contributed by atoms with Crippen LogP contribution in [0.2, 0.25) is 5.21 Å². The van der Waals surface area contributed by atoms with Gasteiger partial charge in [0.15, 0.2) is 0 Å². The molecule has 0 aliphatic carbocycles. The summed E-state index contributed by atoms with van der Waals surface area (Å²) in [5.74, 6) is 0.509. The van der Waals surface area contributed by atoms with Gasteiger partial charge in [0.2, 0.25) is 0 Å². The van der Waals surface area contributed by atoms with E-state index in [1.165, 1.54) is 13.1 Å². The summed E-state index contributed by atoms with van der Waals surface area (Å²) in [5, 5.41) is 3.58. The van der Waals surface area contributed by atoms with Crippen LogP contribution in [0.3, 0.4) is 0 Å². The number of carbonyl (C=O) groups excluding carboxylic acids is 1. The van der Waals surface area contributed by atoms with E-state index in [4.69, 9.17) is 0 Å². The van der Waals surface area contributed by atoms with Gasteiger partial charge in [0.05, 0.1) is 0 Å². The molecule has 146 valence electrons. The first-order chi connectivity index (χ1) is 13.4. The molecule has 0 spiro atoms. The van der Waals surface area contributed by atoms with Crippen LogP contribution in [0.4, 0.5) is 0 Å². The molecule has 2 nitrogen and oxygen atoms in total. The molecule has 1 N–H and O–H groups in total. The van der Waals surface area contributed by atoms with Crippen molar-refractivity contribution in [3.05, 3.63) is 91.0 Å². The van der Waals surface area contributed by atoms with Crippen LogP contribution in [0, 0.1) is 5.92 Å². The van der Waals surface area contributed by atoms with Crippen molar-refractivity contribution in [2.45, 2.75) is 19.1 Å². The van der Waals surface area contributed by atoms with Crippen molar-refractivity contribution in [1.29, 1.82) is 0 Å². The van der Waals surface area contributed by atoms with Crippen molar-refractivity contribution in [3.63, 3.8) is 0 Å². The molecule has 0 bridgehead atoms. The van der Waals surface area contributed by atoms with Gasteiger partial charge in [0, 0.05) is 0 Å². The standard InChI is InChI=1S/C24H27AsBrNO/c1-20(2)19-27-24(28)18-25(26,21-12-6-3-7-13-21,22-14-8-4-9-15-22)23-16-10-5-11-17-23/h3-17,20H,18-19H2,1-2H3,(H,27,28). The van der Waals surface area contributed by atoms with Crippen molar-refractivity contribution in [3.8, 4) is 0 Å². The topological polar surface area (TPSA) is 29.1 Å². The fourth-order valence-electron chi connectivity index (χ4n) is 3.58. The summed E-state index contributed by atoms with van der Waals surface area (Å²) in [6, 6.07) is 31.4. The SMILES string of the molecule is CC(C)CNC(=O)C[As](Br)(c1ccccc1)(c1ccccc1)c1ccccc1. The van der Waals surface area contributed by atoms with Gasteiger partial charge < -0.3 is 0 Å². The Labute approximate surface area is 175 Å². The first-order valence-corrected chi connectivity index (χ1v) is 18.1. The third kappa shape index (κ3) is 3.97. The van der Waals surface area contributed by atoms with E-state index in [1.807, 2.05) is 18.2 Å². The van der Waals surface area contributed by atoms with Crippen molar-refractivity contribution >= 4 is 43.5 Å². The van der Waals surface area contributed by atoms with Crippen LogP contribution in [0.5, 0.6) is 0 Å². The van der Waals surface area contributed by atoms with Gasteiger partial charge in [0.1, 0.15) is 0 Å². The Bertz CT molecular complexity index is 814. The molecule has 0 unspecified atom stereocenters. The van der Waals surface area contributed by atoms with Crippen molar-refractivity contribution in [1.82, 2.24) is 5.32 Å². The summed E-state index contributed by atoms with van der Waals surface area (Å²) in [7, 11) is -3.90. The number of rotatable bonds is 7. The fourth-order valence-corrected chi connectivity index (χ4v) is 17.8. The quantitative estimate of drug-likeness (QED) is 0.492. The van der Waals surface area contributed by atoms with Crippen LogP contribution in [0.25, 0.3) is 0 Å². The number of benzene rings is 3. The second-order valence-electron chi connectivity index (χ2n) is 7.55. The first kappa shape index (κ1) is 20.9. The molecular formula is C24H27AsBrNO. The van der Waals surface area contributed by atoms with E-state index in [1.54, 1.807) is 0 Å². The molecule has 0 heterocycles. The van der Waals surface area contributed by atoms with Crippen molar-refractivity contribution < 1.29 is 4.79 Å². The second kappa shape index (κ2) is 8.67. The van der Waals surface area contributed by atoms with E-state index in [-0.39, 0.29) is 5.91 Å². The van der Waals surface area contributed by atoms with E-state index in [9.17, 15) is 4.79 Å². The zero-order chi connectivity index (χ0) is 20.1. The molecular weight excluding hydrogens is 473 g/mol. The Kier molecular flexibility index (Phi) is 6.47. The number of hydrogen-bond donors (Lipinski definition) is 1. The molecule has 0 aliphatic rings. The normalized spacial score (nSPS) is 12.9. The molecule has 0 fully saturated rings. The zero-order valence-electron chi connectivity index (χ0n) is 16.4. The number of amides is 1. The van der Waals surface area contributed by atoms with Crippen LogP contribution < -0.4 is 18.4 Å². The molecule has 28 heavy (non-hydrogen) atoms. The molecule has 0 radical (unpaired) electrons. The van der Waals surface area contributed by atoms with Gasteiger partial charge in [-0.1, -0.05) is 0 Å². The van der Waals surface area contributed by atoms with Crippen molar-refractivity contribution in [2.75, 3.05) is 6.54 Å². The molecule has 0 aliphatic heterocycles. The van der Waals surface area contributed by atoms with Gasteiger partial charge in [-0.3, -0.25) is 0 Å². The molecule has 3 rings (SSSR count). The van der Waals surface area contributed by atoms with Crippen LogP contribution in [0.1, 0.15) is 13.8 Å². The van der Waals surface area contributed by atoms with Crippen LogP contribution >= 0.6 is 13.9 Å². The second-order valence-corrected chi connectivity index (χ2v) is 24.6. The van der Waals surface area contributed by atoms with E-state index in [0.717, 1.165) is 0 Å². The molecule has 0 saturated heterocycles. The number of halogens is 1. The first-order valence-electron chi connectivity index (χ1n) is 9.61. The Morgan fingerprint density at radius 1 is 0.786 bits per heavy atom. The molecule has 0 atom stereocenters. The third-order valence-corrected chi connectivity index (χ3v) is 23.2. The molecule has 3 aromatic carbocycles. The summed E-state index contributed by atoms with van der Waals surface area (Å²) in [5.41, 5.74) is 0. The van der Waals surface area contributed by atoms with Crippen LogP contribution in [-0.4, -0.2) is 23.0 Å². The number of hydrogen-bond acceptors (Lipinski definition) is 1. The summed E-state index contributed by atoms with van der Waals surface area (Å²) >= 11 is 4.34. The van der Waals surface area contributed by atoms with Gasteiger partial charge in [-0.25, -0.2) is 0 Å². The molecule has 3 aromatic rings. The van der Waals surface area contributed by atoms with E-state index < -0.39 is 10.6 Å². The van der Waals surface area contributed by atoms with Crippen molar-refractivity contribution in [2.24, 2.45) is 5.92 Å². The van der Waals surface area contributed by atoms with Gasteiger partial charge >= 0.3 is 176 Å². The van der Waals surface area contributed by atoms with Crippen LogP contribution in [-0.2, 0) is 4.79 Å². The number of carbonyl (C=O) groups is 1. The maximum absolute atomic E-state index is 13.2. The average Bonchev–Trinajstić information content (AvgIpc) is 2.74.